The van der Waals surface area contributed by atoms with Crippen LogP contribution in [0.5, 0.6) is 11.5 Å². The molecule has 0 saturated heterocycles. The van der Waals surface area contributed by atoms with Crippen LogP contribution >= 0.6 is 0 Å². The summed E-state index contributed by atoms with van der Waals surface area (Å²) in [4.78, 5) is 16.2. The fourth-order valence-electron chi connectivity index (χ4n) is 2.29. The van der Waals surface area contributed by atoms with Gasteiger partial charge in [0.05, 0.1) is 24.1 Å². The zero-order valence-corrected chi connectivity index (χ0v) is 13.4. The molecule has 3 rings (SSSR count). The number of methoxy groups -OCH3 is 1. The van der Waals surface area contributed by atoms with Crippen molar-refractivity contribution in [2.75, 3.05) is 38.8 Å². The van der Waals surface area contributed by atoms with Gasteiger partial charge in [-0.05, 0) is 18.2 Å². The largest absolute Gasteiger partial charge is 0.486 e. The lowest BCUT2D eigenvalue weighted by atomic mass is 10.2. The minimum atomic E-state index is -0.189. The molecule has 24 heavy (non-hydrogen) atoms. The molecular weight excluding hydrogens is 310 g/mol. The first kappa shape index (κ1) is 16.1. The number of carbonyl (C=O) groups is 1. The maximum atomic E-state index is 12.0. The number of nitrogens with zero attached hydrogens (tertiary/aromatic N) is 1. The SMILES string of the molecule is COCCNC(=O)c1cncc(Nc2ccc3c(c2)OCCO3)c1. The lowest BCUT2D eigenvalue weighted by Crippen LogP contribution is -2.27. The summed E-state index contributed by atoms with van der Waals surface area (Å²) in [5.41, 5.74) is 2.03. The fraction of sp³-hybridized carbons (Fsp3) is 0.294. The summed E-state index contributed by atoms with van der Waals surface area (Å²) in [5.74, 6) is 1.24. The summed E-state index contributed by atoms with van der Waals surface area (Å²) in [6.45, 7) is 2.02. The molecule has 1 aliphatic rings. The number of benzene rings is 1. The number of amides is 1. The van der Waals surface area contributed by atoms with E-state index in [0.717, 1.165) is 11.4 Å². The molecule has 0 saturated carbocycles. The zero-order chi connectivity index (χ0) is 16.8. The Labute approximate surface area is 139 Å². The van der Waals surface area contributed by atoms with Crippen LogP contribution in [0.25, 0.3) is 0 Å². The third-order valence-corrected chi connectivity index (χ3v) is 3.42. The van der Waals surface area contributed by atoms with E-state index in [4.69, 9.17) is 14.2 Å². The van der Waals surface area contributed by atoms with Crippen molar-refractivity contribution in [1.29, 1.82) is 0 Å². The number of hydrogen-bond acceptors (Lipinski definition) is 6. The highest BCUT2D eigenvalue weighted by Gasteiger charge is 2.12. The van der Waals surface area contributed by atoms with E-state index < -0.39 is 0 Å². The zero-order valence-electron chi connectivity index (χ0n) is 13.4. The Balaban J connectivity index is 1.69. The van der Waals surface area contributed by atoms with Crippen molar-refractivity contribution >= 4 is 17.3 Å². The van der Waals surface area contributed by atoms with Crippen LogP contribution in [0.3, 0.4) is 0 Å². The van der Waals surface area contributed by atoms with Crippen LogP contribution in [0.15, 0.2) is 36.7 Å². The number of rotatable bonds is 6. The number of carbonyl (C=O) groups excluding carboxylic acids is 1. The number of hydrogen-bond donors (Lipinski definition) is 2. The summed E-state index contributed by atoms with van der Waals surface area (Å²) in [5, 5.41) is 5.98. The third-order valence-electron chi connectivity index (χ3n) is 3.42. The van der Waals surface area contributed by atoms with E-state index in [2.05, 4.69) is 15.6 Å². The van der Waals surface area contributed by atoms with E-state index in [1.807, 2.05) is 18.2 Å². The first-order chi connectivity index (χ1) is 11.8. The van der Waals surface area contributed by atoms with Gasteiger partial charge in [0.25, 0.3) is 5.91 Å². The molecule has 126 valence electrons. The molecular formula is C17H19N3O4. The van der Waals surface area contributed by atoms with Crippen molar-refractivity contribution in [3.05, 3.63) is 42.2 Å². The van der Waals surface area contributed by atoms with E-state index in [1.54, 1.807) is 19.4 Å². The lowest BCUT2D eigenvalue weighted by Gasteiger charge is -2.19. The number of anilines is 2. The van der Waals surface area contributed by atoms with Gasteiger partial charge >= 0.3 is 0 Å². The molecule has 2 N–H and O–H groups in total. The van der Waals surface area contributed by atoms with Crippen molar-refractivity contribution < 1.29 is 19.0 Å². The van der Waals surface area contributed by atoms with Gasteiger partial charge in [0.15, 0.2) is 11.5 Å². The van der Waals surface area contributed by atoms with Crippen molar-refractivity contribution in [1.82, 2.24) is 10.3 Å². The Hall–Kier alpha value is -2.80. The lowest BCUT2D eigenvalue weighted by molar-refractivity contribution is 0.0937. The maximum Gasteiger partial charge on any atom is 0.253 e. The van der Waals surface area contributed by atoms with Gasteiger partial charge in [-0.1, -0.05) is 0 Å². The van der Waals surface area contributed by atoms with E-state index >= 15 is 0 Å². The first-order valence-corrected chi connectivity index (χ1v) is 7.65. The average molecular weight is 329 g/mol. The normalized spacial score (nSPS) is 12.5. The van der Waals surface area contributed by atoms with Gasteiger partial charge in [0.1, 0.15) is 13.2 Å². The molecule has 1 aromatic heterocycles. The number of nitrogens with one attached hydrogen (secondary N) is 2. The van der Waals surface area contributed by atoms with Crippen LogP contribution < -0.4 is 20.1 Å². The Kier molecular flexibility index (Phi) is 5.12. The summed E-state index contributed by atoms with van der Waals surface area (Å²) in [6.07, 6.45) is 3.18. The summed E-state index contributed by atoms with van der Waals surface area (Å²) < 4.78 is 16.0. The molecule has 2 aromatic rings. The topological polar surface area (TPSA) is 81.7 Å². The van der Waals surface area contributed by atoms with E-state index in [0.29, 0.717) is 43.4 Å². The molecule has 0 bridgehead atoms. The van der Waals surface area contributed by atoms with E-state index in [9.17, 15) is 4.79 Å². The van der Waals surface area contributed by atoms with Crippen LogP contribution in [0.2, 0.25) is 0 Å². The van der Waals surface area contributed by atoms with Gasteiger partial charge in [-0.15, -0.1) is 0 Å². The minimum absolute atomic E-state index is 0.189. The predicted octanol–water partition coefficient (Wildman–Crippen LogP) is 1.97. The average Bonchev–Trinajstić information content (AvgIpc) is 2.62. The van der Waals surface area contributed by atoms with Crippen molar-refractivity contribution in [3.63, 3.8) is 0 Å². The van der Waals surface area contributed by atoms with Gasteiger partial charge in [-0.25, -0.2) is 0 Å². The maximum absolute atomic E-state index is 12.0. The molecule has 1 amide bonds. The Morgan fingerprint density at radius 1 is 1.17 bits per heavy atom. The van der Waals surface area contributed by atoms with Crippen LogP contribution in [0.1, 0.15) is 10.4 Å². The van der Waals surface area contributed by atoms with Crippen LogP contribution in [-0.4, -0.2) is 44.4 Å². The molecule has 7 nitrogen and oxygen atoms in total. The van der Waals surface area contributed by atoms with Crippen molar-refractivity contribution in [3.8, 4) is 11.5 Å². The number of ether oxygens (including phenoxy) is 3. The second-order valence-electron chi connectivity index (χ2n) is 5.19. The number of fused-ring (bicyclic) bond motifs is 1. The molecule has 1 aromatic carbocycles. The van der Waals surface area contributed by atoms with Gasteiger partial charge in [-0.3, -0.25) is 9.78 Å². The van der Waals surface area contributed by atoms with Gasteiger partial charge in [0, 0.05) is 31.6 Å². The fourth-order valence-corrected chi connectivity index (χ4v) is 2.29. The Morgan fingerprint density at radius 2 is 2.00 bits per heavy atom. The van der Waals surface area contributed by atoms with Crippen LogP contribution in [0.4, 0.5) is 11.4 Å². The molecule has 0 aliphatic carbocycles. The monoisotopic (exact) mass is 329 g/mol. The summed E-state index contributed by atoms with van der Waals surface area (Å²) in [6, 6.07) is 7.34. The molecule has 0 fully saturated rings. The molecule has 0 unspecified atom stereocenters. The highest BCUT2D eigenvalue weighted by atomic mass is 16.6. The van der Waals surface area contributed by atoms with Crippen LogP contribution in [-0.2, 0) is 4.74 Å². The third kappa shape index (κ3) is 3.94. The molecule has 2 heterocycles. The van der Waals surface area contributed by atoms with Crippen molar-refractivity contribution in [2.45, 2.75) is 0 Å². The molecule has 1 aliphatic heterocycles. The van der Waals surface area contributed by atoms with Crippen molar-refractivity contribution in [2.24, 2.45) is 0 Å². The second kappa shape index (κ2) is 7.65. The van der Waals surface area contributed by atoms with Gasteiger partial charge < -0.3 is 24.8 Å². The molecule has 0 atom stereocenters. The van der Waals surface area contributed by atoms with E-state index in [-0.39, 0.29) is 5.91 Å². The van der Waals surface area contributed by atoms with Gasteiger partial charge in [0.2, 0.25) is 0 Å². The quantitative estimate of drug-likeness (QED) is 0.789. The van der Waals surface area contributed by atoms with Gasteiger partial charge in [-0.2, -0.15) is 0 Å². The molecule has 0 radical (unpaired) electrons. The number of pyridine rings is 1. The number of aromatic nitrogens is 1. The first-order valence-electron chi connectivity index (χ1n) is 7.65. The minimum Gasteiger partial charge on any atom is -0.486 e. The Bertz CT molecular complexity index is 721. The molecule has 7 heteroatoms. The van der Waals surface area contributed by atoms with Crippen LogP contribution in [0, 0.1) is 0 Å². The highest BCUT2D eigenvalue weighted by Crippen LogP contribution is 2.33. The Morgan fingerprint density at radius 3 is 2.83 bits per heavy atom. The standard InChI is InChI=1S/C17H19N3O4/c1-22-5-4-19-17(21)12-8-14(11-18-10-12)20-13-2-3-15-16(9-13)24-7-6-23-15/h2-3,8-11,20H,4-7H2,1H3,(H,19,21). The smallest absolute Gasteiger partial charge is 0.253 e. The van der Waals surface area contributed by atoms with E-state index in [1.165, 1.54) is 6.20 Å². The summed E-state index contributed by atoms with van der Waals surface area (Å²) in [7, 11) is 1.59. The molecule has 0 spiro atoms. The highest BCUT2D eigenvalue weighted by molar-refractivity contribution is 5.94. The predicted molar refractivity (Wildman–Crippen MR) is 89.2 cm³/mol. The summed E-state index contributed by atoms with van der Waals surface area (Å²) >= 11 is 0. The second-order valence-corrected chi connectivity index (χ2v) is 5.19.